The van der Waals surface area contributed by atoms with Gasteiger partial charge in [0.2, 0.25) is 0 Å². The van der Waals surface area contributed by atoms with E-state index in [-0.39, 0.29) is 0 Å². The van der Waals surface area contributed by atoms with Crippen molar-refractivity contribution < 1.29 is 5.11 Å². The van der Waals surface area contributed by atoms with Gasteiger partial charge in [-0.3, -0.25) is 0 Å². The third-order valence-corrected chi connectivity index (χ3v) is 2.30. The van der Waals surface area contributed by atoms with E-state index in [1.807, 2.05) is 18.5 Å². The predicted molar refractivity (Wildman–Crippen MR) is 46.3 cm³/mol. The summed E-state index contributed by atoms with van der Waals surface area (Å²) < 4.78 is 2.60. The second-order valence-corrected chi connectivity index (χ2v) is 3.32. The monoisotopic (exact) mass is 218 g/mol. The second kappa shape index (κ2) is 2.95. The Hall–Kier alpha value is -0.350. The molecule has 0 amide bonds. The van der Waals surface area contributed by atoms with E-state index in [1.165, 1.54) is 0 Å². The van der Waals surface area contributed by atoms with Gasteiger partial charge in [0.25, 0.3) is 0 Å². The minimum Gasteiger partial charge on any atom is -0.387 e. The van der Waals surface area contributed by atoms with Crippen LogP contribution in [0.2, 0.25) is 0 Å². The summed E-state index contributed by atoms with van der Waals surface area (Å²) >= 11 is 3.28. The van der Waals surface area contributed by atoms with Crippen molar-refractivity contribution in [2.24, 2.45) is 7.05 Å². The third kappa shape index (κ3) is 1.46. The molecule has 1 aromatic rings. The van der Waals surface area contributed by atoms with Gasteiger partial charge in [-0.1, -0.05) is 0 Å². The molecule has 0 spiro atoms. The number of aliphatic hydroxyl groups excluding tert-OH is 1. The number of rotatable bonds is 1. The molecule has 0 aliphatic heterocycles. The Bertz CT molecular complexity index is 268. The van der Waals surface area contributed by atoms with Crippen LogP contribution in [-0.4, -0.2) is 14.7 Å². The van der Waals surface area contributed by atoms with E-state index in [0.29, 0.717) is 0 Å². The normalized spacial score (nSPS) is 13.5. The Kier molecular flexibility index (Phi) is 2.34. The van der Waals surface area contributed by atoms with Crippen LogP contribution in [-0.2, 0) is 7.05 Å². The number of hydrogen-bond acceptors (Lipinski definition) is 2. The first-order chi connectivity index (χ1) is 5.04. The van der Waals surface area contributed by atoms with Crippen molar-refractivity contribution in [2.45, 2.75) is 20.0 Å². The van der Waals surface area contributed by atoms with Crippen LogP contribution in [0.3, 0.4) is 0 Å². The largest absolute Gasteiger partial charge is 0.387 e. The van der Waals surface area contributed by atoms with Gasteiger partial charge in [-0.25, -0.2) is 4.98 Å². The molecule has 0 saturated heterocycles. The summed E-state index contributed by atoms with van der Waals surface area (Å²) in [6, 6.07) is 0. The quantitative estimate of drug-likeness (QED) is 0.777. The van der Waals surface area contributed by atoms with Crippen molar-refractivity contribution in [3.63, 3.8) is 0 Å². The molecule has 4 heteroatoms. The topological polar surface area (TPSA) is 38.1 Å². The summed E-state index contributed by atoms with van der Waals surface area (Å²) in [6.45, 7) is 3.62. The molecular formula is C7H11BrN2O. The van der Waals surface area contributed by atoms with Gasteiger partial charge in [0, 0.05) is 7.05 Å². The third-order valence-electron chi connectivity index (χ3n) is 1.71. The zero-order chi connectivity index (χ0) is 8.59. The standard InChI is InChI=1S/C7H11BrN2O/c1-4(11)6-7(8)9-5(2)10(6)3/h4,11H,1-3H3. The number of halogens is 1. The van der Waals surface area contributed by atoms with Gasteiger partial charge in [-0.2, -0.15) is 0 Å². The lowest BCUT2D eigenvalue weighted by Gasteiger charge is -2.05. The lowest BCUT2D eigenvalue weighted by molar-refractivity contribution is 0.189. The first kappa shape index (κ1) is 8.74. The molecule has 62 valence electrons. The summed E-state index contributed by atoms with van der Waals surface area (Å²) in [4.78, 5) is 4.15. The molecule has 0 aliphatic carbocycles. The summed E-state index contributed by atoms with van der Waals surface area (Å²) in [7, 11) is 1.88. The van der Waals surface area contributed by atoms with E-state index in [1.54, 1.807) is 6.92 Å². The molecule has 0 saturated carbocycles. The van der Waals surface area contributed by atoms with Crippen LogP contribution in [0.4, 0.5) is 0 Å². The van der Waals surface area contributed by atoms with Gasteiger partial charge >= 0.3 is 0 Å². The molecule has 0 aliphatic rings. The Labute approximate surface area is 74.2 Å². The van der Waals surface area contributed by atoms with Crippen molar-refractivity contribution in [1.82, 2.24) is 9.55 Å². The Morgan fingerprint density at radius 3 is 2.36 bits per heavy atom. The van der Waals surface area contributed by atoms with Crippen molar-refractivity contribution in [1.29, 1.82) is 0 Å². The SMILES string of the molecule is Cc1nc(Br)c(C(C)O)n1C. The highest BCUT2D eigenvalue weighted by Gasteiger charge is 2.13. The van der Waals surface area contributed by atoms with E-state index < -0.39 is 6.10 Å². The Morgan fingerprint density at radius 2 is 2.18 bits per heavy atom. The fraction of sp³-hybridized carbons (Fsp3) is 0.571. The van der Waals surface area contributed by atoms with E-state index in [0.717, 1.165) is 16.1 Å². The zero-order valence-electron chi connectivity index (χ0n) is 6.80. The van der Waals surface area contributed by atoms with E-state index >= 15 is 0 Å². The minimum absolute atomic E-state index is 0.476. The van der Waals surface area contributed by atoms with Gasteiger partial charge in [0.05, 0.1) is 11.8 Å². The second-order valence-electron chi connectivity index (χ2n) is 2.57. The van der Waals surface area contributed by atoms with E-state index in [9.17, 15) is 5.11 Å². The molecule has 0 bridgehead atoms. The van der Waals surface area contributed by atoms with Gasteiger partial charge < -0.3 is 9.67 Å². The molecule has 1 aromatic heterocycles. The van der Waals surface area contributed by atoms with Crippen LogP contribution in [0.25, 0.3) is 0 Å². The molecule has 1 heterocycles. The molecule has 1 N–H and O–H groups in total. The molecule has 3 nitrogen and oxygen atoms in total. The minimum atomic E-state index is -0.476. The highest BCUT2D eigenvalue weighted by Crippen LogP contribution is 2.22. The van der Waals surface area contributed by atoms with Crippen LogP contribution in [0, 0.1) is 6.92 Å². The fourth-order valence-corrected chi connectivity index (χ4v) is 1.89. The first-order valence-corrected chi connectivity index (χ1v) is 4.20. The number of nitrogens with zero attached hydrogens (tertiary/aromatic N) is 2. The van der Waals surface area contributed by atoms with Gasteiger partial charge in [0.15, 0.2) is 0 Å². The molecule has 0 fully saturated rings. The van der Waals surface area contributed by atoms with Crippen LogP contribution < -0.4 is 0 Å². The summed E-state index contributed by atoms with van der Waals surface area (Å²) in [5.74, 6) is 0.896. The highest BCUT2D eigenvalue weighted by molar-refractivity contribution is 9.10. The number of aliphatic hydroxyl groups is 1. The molecule has 0 radical (unpaired) electrons. The summed E-state index contributed by atoms with van der Waals surface area (Å²) in [6.07, 6.45) is -0.476. The zero-order valence-corrected chi connectivity index (χ0v) is 8.38. The molecule has 1 rings (SSSR count). The summed E-state index contributed by atoms with van der Waals surface area (Å²) in [5.41, 5.74) is 0.822. The number of hydrogen-bond donors (Lipinski definition) is 1. The van der Waals surface area contributed by atoms with Crippen LogP contribution in [0.5, 0.6) is 0 Å². The highest BCUT2D eigenvalue weighted by atomic mass is 79.9. The molecular weight excluding hydrogens is 208 g/mol. The average molecular weight is 219 g/mol. The van der Waals surface area contributed by atoms with Gasteiger partial charge in [-0.05, 0) is 29.8 Å². The molecule has 1 atom stereocenters. The molecule has 1 unspecified atom stereocenters. The van der Waals surface area contributed by atoms with Gasteiger partial charge in [-0.15, -0.1) is 0 Å². The number of aromatic nitrogens is 2. The van der Waals surface area contributed by atoms with Crippen LogP contribution in [0.15, 0.2) is 4.60 Å². The van der Waals surface area contributed by atoms with Crippen LogP contribution >= 0.6 is 15.9 Å². The fourth-order valence-electron chi connectivity index (χ4n) is 1.04. The Balaban J connectivity index is 3.22. The Morgan fingerprint density at radius 1 is 1.64 bits per heavy atom. The maximum atomic E-state index is 9.31. The van der Waals surface area contributed by atoms with Crippen molar-refractivity contribution >= 4 is 15.9 Å². The van der Waals surface area contributed by atoms with Crippen molar-refractivity contribution in [3.8, 4) is 0 Å². The van der Waals surface area contributed by atoms with Crippen LogP contribution in [0.1, 0.15) is 24.5 Å². The van der Waals surface area contributed by atoms with E-state index in [2.05, 4.69) is 20.9 Å². The molecule has 0 aromatic carbocycles. The van der Waals surface area contributed by atoms with Gasteiger partial charge in [0.1, 0.15) is 10.4 Å². The predicted octanol–water partition coefficient (Wildman–Crippen LogP) is 1.54. The van der Waals surface area contributed by atoms with E-state index in [4.69, 9.17) is 0 Å². The lowest BCUT2D eigenvalue weighted by Crippen LogP contribution is -2.02. The maximum Gasteiger partial charge on any atom is 0.130 e. The number of imidazole rings is 1. The number of aryl methyl sites for hydroxylation is 1. The first-order valence-electron chi connectivity index (χ1n) is 3.40. The maximum absolute atomic E-state index is 9.31. The smallest absolute Gasteiger partial charge is 0.130 e. The lowest BCUT2D eigenvalue weighted by atomic mass is 10.3. The molecule has 11 heavy (non-hydrogen) atoms. The summed E-state index contributed by atoms with van der Waals surface area (Å²) in [5, 5.41) is 9.31. The van der Waals surface area contributed by atoms with Crippen molar-refractivity contribution in [3.05, 3.63) is 16.1 Å². The average Bonchev–Trinajstić information content (AvgIpc) is 2.07. The van der Waals surface area contributed by atoms with Crippen molar-refractivity contribution in [2.75, 3.05) is 0 Å².